The second-order valence-corrected chi connectivity index (χ2v) is 7.59. The van der Waals surface area contributed by atoms with Crippen LogP contribution in [-0.4, -0.2) is 67.7 Å². The van der Waals surface area contributed by atoms with Crippen molar-refractivity contribution in [2.45, 2.75) is 65.1 Å². The summed E-state index contributed by atoms with van der Waals surface area (Å²) in [6, 6.07) is 0.0774. The Morgan fingerprint density at radius 3 is 2.56 bits per heavy atom. The average Bonchev–Trinajstić information content (AvgIpc) is 2.95. The highest BCUT2D eigenvalue weighted by Crippen LogP contribution is 2.20. The molecule has 2 fully saturated rings. The van der Waals surface area contributed by atoms with Crippen molar-refractivity contribution < 1.29 is 9.59 Å². The number of rotatable bonds is 5. The molecule has 1 N–H and O–H groups in total. The lowest BCUT2D eigenvalue weighted by atomic mass is 10.0. The SMILES string of the molecule is Cc1nc(C)n(CC2CCCCN2CCN2C(=O)NC(C)(C)C2=O)n1. The van der Waals surface area contributed by atoms with Gasteiger partial charge in [-0.2, -0.15) is 5.10 Å². The number of urea groups is 1. The molecule has 3 amide bonds. The van der Waals surface area contributed by atoms with Gasteiger partial charge in [0.15, 0.2) is 0 Å². The molecule has 0 aromatic carbocycles. The van der Waals surface area contributed by atoms with Crippen molar-refractivity contribution in [2.24, 2.45) is 0 Å². The van der Waals surface area contributed by atoms with Crippen LogP contribution in [0.5, 0.6) is 0 Å². The van der Waals surface area contributed by atoms with E-state index in [4.69, 9.17) is 0 Å². The fourth-order valence-corrected chi connectivity index (χ4v) is 3.74. The predicted octanol–water partition coefficient (Wildman–Crippen LogP) is 1.08. The summed E-state index contributed by atoms with van der Waals surface area (Å²) < 4.78 is 1.97. The summed E-state index contributed by atoms with van der Waals surface area (Å²) >= 11 is 0. The lowest BCUT2D eigenvalue weighted by Gasteiger charge is -2.36. The molecule has 8 nitrogen and oxygen atoms in total. The van der Waals surface area contributed by atoms with Crippen LogP contribution in [-0.2, 0) is 11.3 Å². The summed E-state index contributed by atoms with van der Waals surface area (Å²) in [5.41, 5.74) is -0.798. The van der Waals surface area contributed by atoms with E-state index in [1.807, 2.05) is 18.5 Å². The summed E-state index contributed by atoms with van der Waals surface area (Å²) in [7, 11) is 0. The normalized spacial score (nSPS) is 24.0. The van der Waals surface area contributed by atoms with Crippen molar-refractivity contribution in [2.75, 3.05) is 19.6 Å². The van der Waals surface area contributed by atoms with Crippen LogP contribution in [0.3, 0.4) is 0 Å². The Morgan fingerprint density at radius 2 is 1.96 bits per heavy atom. The van der Waals surface area contributed by atoms with Crippen LogP contribution in [0.25, 0.3) is 0 Å². The van der Waals surface area contributed by atoms with Crippen molar-refractivity contribution in [3.63, 3.8) is 0 Å². The minimum atomic E-state index is -0.798. The Hall–Kier alpha value is -1.96. The number of hydrogen-bond acceptors (Lipinski definition) is 5. The zero-order chi connectivity index (χ0) is 18.2. The van der Waals surface area contributed by atoms with Crippen LogP contribution in [0, 0.1) is 13.8 Å². The fourth-order valence-electron chi connectivity index (χ4n) is 3.74. The van der Waals surface area contributed by atoms with Gasteiger partial charge in [-0.05, 0) is 47.1 Å². The molecule has 0 bridgehead atoms. The fraction of sp³-hybridized carbons (Fsp3) is 0.765. The number of likely N-dealkylation sites (tertiary alicyclic amines) is 1. The van der Waals surface area contributed by atoms with Crippen LogP contribution < -0.4 is 5.32 Å². The number of aromatic nitrogens is 3. The van der Waals surface area contributed by atoms with Crippen molar-refractivity contribution in [3.05, 3.63) is 11.6 Å². The van der Waals surface area contributed by atoms with Gasteiger partial charge in [0.2, 0.25) is 0 Å². The van der Waals surface area contributed by atoms with E-state index < -0.39 is 5.54 Å². The Bertz CT molecular complexity index is 668. The van der Waals surface area contributed by atoms with E-state index in [2.05, 4.69) is 20.3 Å². The molecule has 0 saturated carbocycles. The lowest BCUT2D eigenvalue weighted by Crippen LogP contribution is -2.47. The topological polar surface area (TPSA) is 83.4 Å². The van der Waals surface area contributed by atoms with Gasteiger partial charge in [-0.3, -0.25) is 14.6 Å². The van der Waals surface area contributed by atoms with Gasteiger partial charge in [0.25, 0.3) is 5.91 Å². The molecule has 0 aliphatic carbocycles. The zero-order valence-electron chi connectivity index (χ0n) is 15.6. The quantitative estimate of drug-likeness (QED) is 0.805. The first kappa shape index (κ1) is 17.8. The maximum Gasteiger partial charge on any atom is 0.325 e. The Labute approximate surface area is 148 Å². The number of nitrogens with one attached hydrogen (secondary N) is 1. The van der Waals surface area contributed by atoms with Gasteiger partial charge in [0.1, 0.15) is 17.2 Å². The Kier molecular flexibility index (Phi) is 4.81. The number of aryl methyl sites for hydroxylation is 2. The third kappa shape index (κ3) is 3.68. The van der Waals surface area contributed by atoms with Crippen molar-refractivity contribution in [1.82, 2.24) is 29.9 Å². The maximum atomic E-state index is 12.3. The first-order valence-electron chi connectivity index (χ1n) is 9.04. The monoisotopic (exact) mass is 348 g/mol. The number of amides is 3. The van der Waals surface area contributed by atoms with E-state index in [9.17, 15) is 9.59 Å². The molecule has 8 heteroatoms. The standard InChI is InChI=1S/C17H28N6O2/c1-12-18-13(2)23(20-12)11-14-7-5-6-8-21(14)9-10-22-15(24)17(3,4)19-16(22)25/h14H,5-11H2,1-4H3,(H,19,25). The molecule has 1 atom stereocenters. The Balaban J connectivity index is 1.63. The van der Waals surface area contributed by atoms with Crippen LogP contribution in [0.1, 0.15) is 44.8 Å². The van der Waals surface area contributed by atoms with E-state index in [0.717, 1.165) is 37.6 Å². The minimum Gasteiger partial charge on any atom is -0.324 e. The number of carbonyl (C=O) groups is 2. The van der Waals surface area contributed by atoms with Gasteiger partial charge >= 0.3 is 6.03 Å². The third-order valence-electron chi connectivity index (χ3n) is 5.15. The zero-order valence-corrected chi connectivity index (χ0v) is 15.6. The summed E-state index contributed by atoms with van der Waals surface area (Å²) in [6.45, 7) is 10.3. The van der Waals surface area contributed by atoms with Crippen LogP contribution in [0.4, 0.5) is 4.79 Å². The molecule has 25 heavy (non-hydrogen) atoms. The van der Waals surface area contributed by atoms with E-state index in [0.29, 0.717) is 19.1 Å². The molecule has 0 spiro atoms. The first-order valence-corrected chi connectivity index (χ1v) is 9.04. The van der Waals surface area contributed by atoms with Crippen molar-refractivity contribution in [1.29, 1.82) is 0 Å². The molecule has 2 saturated heterocycles. The molecule has 2 aliphatic heterocycles. The highest BCUT2D eigenvalue weighted by molar-refractivity contribution is 6.06. The summed E-state index contributed by atoms with van der Waals surface area (Å²) in [4.78, 5) is 32.5. The first-order chi connectivity index (χ1) is 11.8. The van der Waals surface area contributed by atoms with Crippen molar-refractivity contribution >= 4 is 11.9 Å². The molecular formula is C17H28N6O2. The molecule has 2 aliphatic rings. The highest BCUT2D eigenvalue weighted by Gasteiger charge is 2.44. The summed E-state index contributed by atoms with van der Waals surface area (Å²) in [5.74, 6) is 1.58. The van der Waals surface area contributed by atoms with E-state index in [1.54, 1.807) is 13.8 Å². The number of carbonyl (C=O) groups excluding carboxylic acids is 2. The van der Waals surface area contributed by atoms with Crippen LogP contribution in [0.15, 0.2) is 0 Å². The molecule has 0 radical (unpaired) electrons. The molecule has 1 aromatic rings. The largest absolute Gasteiger partial charge is 0.325 e. The summed E-state index contributed by atoms with van der Waals surface area (Å²) in [6.07, 6.45) is 3.45. The maximum absolute atomic E-state index is 12.3. The lowest BCUT2D eigenvalue weighted by molar-refractivity contribution is -0.130. The van der Waals surface area contributed by atoms with Crippen LogP contribution >= 0.6 is 0 Å². The number of hydrogen-bond donors (Lipinski definition) is 1. The minimum absolute atomic E-state index is 0.145. The van der Waals surface area contributed by atoms with Gasteiger partial charge in [0.05, 0.1) is 6.54 Å². The van der Waals surface area contributed by atoms with E-state index in [1.165, 1.54) is 11.3 Å². The molecule has 1 unspecified atom stereocenters. The molecule has 138 valence electrons. The number of piperidine rings is 1. The smallest absolute Gasteiger partial charge is 0.324 e. The molecule has 3 rings (SSSR count). The molecular weight excluding hydrogens is 320 g/mol. The second-order valence-electron chi connectivity index (χ2n) is 7.59. The second kappa shape index (κ2) is 6.74. The van der Waals surface area contributed by atoms with Crippen LogP contribution in [0.2, 0.25) is 0 Å². The van der Waals surface area contributed by atoms with Gasteiger partial charge in [0, 0.05) is 19.1 Å². The highest BCUT2D eigenvalue weighted by atomic mass is 16.2. The third-order valence-corrected chi connectivity index (χ3v) is 5.15. The van der Waals surface area contributed by atoms with E-state index >= 15 is 0 Å². The van der Waals surface area contributed by atoms with E-state index in [-0.39, 0.29) is 11.9 Å². The van der Waals surface area contributed by atoms with Gasteiger partial charge in [-0.1, -0.05) is 6.42 Å². The summed E-state index contributed by atoms with van der Waals surface area (Å²) in [5, 5.41) is 7.21. The molecule has 1 aromatic heterocycles. The number of imide groups is 1. The average molecular weight is 348 g/mol. The van der Waals surface area contributed by atoms with Gasteiger partial charge in [-0.15, -0.1) is 0 Å². The Morgan fingerprint density at radius 1 is 1.20 bits per heavy atom. The van der Waals surface area contributed by atoms with Gasteiger partial charge < -0.3 is 5.32 Å². The number of nitrogens with zero attached hydrogens (tertiary/aromatic N) is 5. The predicted molar refractivity (Wildman–Crippen MR) is 93.0 cm³/mol. The van der Waals surface area contributed by atoms with Gasteiger partial charge in [-0.25, -0.2) is 14.5 Å². The molecule has 3 heterocycles. The van der Waals surface area contributed by atoms with Crippen molar-refractivity contribution in [3.8, 4) is 0 Å².